The third-order valence-corrected chi connectivity index (χ3v) is 1.52. The van der Waals surface area contributed by atoms with Crippen molar-refractivity contribution in [3.63, 3.8) is 0 Å². The van der Waals surface area contributed by atoms with E-state index in [9.17, 15) is 32.5 Å². The molecule has 0 aliphatic carbocycles. The van der Waals surface area contributed by atoms with Crippen LogP contribution in [-0.4, -0.2) is 27.3 Å². The molecule has 1 aromatic heterocycles. The van der Waals surface area contributed by atoms with Gasteiger partial charge >= 0.3 is 23.8 Å². The minimum atomic E-state index is -5.36. The number of carbonyl (C=O) groups is 1. The summed E-state index contributed by atoms with van der Waals surface area (Å²) in [6.07, 6.45) is -5.36. The van der Waals surface area contributed by atoms with Gasteiger partial charge in [-0.1, -0.05) is 0 Å². The van der Waals surface area contributed by atoms with Crippen molar-refractivity contribution in [3.8, 4) is 5.75 Å². The Labute approximate surface area is 94.8 Å². The molecule has 0 bridgehead atoms. The Morgan fingerprint density at radius 2 is 2.06 bits per heavy atom. The number of pyridine rings is 1. The average molecular weight is 270 g/mol. The first-order chi connectivity index (χ1) is 8.11. The molecule has 0 saturated heterocycles. The lowest BCUT2D eigenvalue weighted by Crippen LogP contribution is -2.21. The number of hydrogen-bond donors (Lipinski definition) is 1. The van der Waals surface area contributed by atoms with Crippen LogP contribution in [0.3, 0.4) is 0 Å². The lowest BCUT2D eigenvalue weighted by atomic mass is 10.3. The van der Waals surface area contributed by atoms with Gasteiger partial charge in [0.05, 0.1) is 6.07 Å². The molecule has 0 saturated carbocycles. The molecule has 0 fully saturated rings. The molecule has 1 N–H and O–H groups in total. The van der Waals surface area contributed by atoms with Crippen LogP contribution < -0.4 is 4.74 Å². The van der Waals surface area contributed by atoms with Crippen molar-refractivity contribution >= 4 is 11.8 Å². The van der Waals surface area contributed by atoms with Crippen molar-refractivity contribution in [3.05, 3.63) is 27.7 Å². The molecule has 0 aromatic carbocycles. The highest BCUT2D eigenvalue weighted by Gasteiger charge is 2.38. The summed E-state index contributed by atoms with van der Waals surface area (Å²) in [6.45, 7) is 0. The maximum absolute atomic E-state index is 13.1. The molecule has 1 aromatic rings. The van der Waals surface area contributed by atoms with Gasteiger partial charge in [0.25, 0.3) is 0 Å². The molecule has 1 heterocycles. The van der Waals surface area contributed by atoms with E-state index in [0.29, 0.717) is 0 Å². The van der Waals surface area contributed by atoms with Crippen LogP contribution >= 0.6 is 0 Å². The number of aromatic carboxylic acids is 1. The summed E-state index contributed by atoms with van der Waals surface area (Å²) in [5, 5.41) is 18.7. The number of alkyl halides is 3. The predicted octanol–water partition coefficient (Wildman–Crippen LogP) is 1.73. The summed E-state index contributed by atoms with van der Waals surface area (Å²) in [4.78, 5) is 22.3. The molecule has 0 radical (unpaired) electrons. The Morgan fingerprint density at radius 3 is 2.44 bits per heavy atom. The smallest absolute Gasteiger partial charge is 0.475 e. The maximum atomic E-state index is 13.1. The predicted molar refractivity (Wildman–Crippen MR) is 44.5 cm³/mol. The standard InChI is InChI=1S/C7H2F4N2O5/c8-2-1-3(13(16)17)12-4(6(14)15)5(2)18-7(9,10)11/h1H,(H,14,15). The Bertz CT molecular complexity index is 515. The van der Waals surface area contributed by atoms with Gasteiger partial charge in [0.15, 0.2) is 5.82 Å². The normalized spacial score (nSPS) is 11.1. The fraction of sp³-hybridized carbons (Fsp3) is 0.143. The number of rotatable bonds is 3. The largest absolute Gasteiger partial charge is 0.573 e. The van der Waals surface area contributed by atoms with Crippen molar-refractivity contribution in [1.82, 2.24) is 4.98 Å². The summed E-state index contributed by atoms with van der Waals surface area (Å²) in [5.41, 5.74) is -1.54. The van der Waals surface area contributed by atoms with Crippen molar-refractivity contribution < 1.29 is 37.1 Å². The fourth-order valence-electron chi connectivity index (χ4n) is 0.941. The minimum absolute atomic E-state index is 0.0213. The summed E-state index contributed by atoms with van der Waals surface area (Å²) >= 11 is 0. The number of aromatic nitrogens is 1. The van der Waals surface area contributed by atoms with Gasteiger partial charge < -0.3 is 20.0 Å². The fourth-order valence-corrected chi connectivity index (χ4v) is 0.941. The highest BCUT2D eigenvalue weighted by Crippen LogP contribution is 2.30. The Balaban J connectivity index is 3.41. The number of ether oxygens (including phenoxy) is 1. The van der Waals surface area contributed by atoms with Crippen LogP contribution in [0.15, 0.2) is 6.07 Å². The molecule has 0 atom stereocenters. The van der Waals surface area contributed by atoms with E-state index >= 15 is 0 Å². The number of carboxylic acids is 1. The van der Waals surface area contributed by atoms with Crippen molar-refractivity contribution in [2.75, 3.05) is 0 Å². The molecular weight excluding hydrogens is 268 g/mol. The van der Waals surface area contributed by atoms with E-state index in [1.807, 2.05) is 0 Å². The zero-order valence-corrected chi connectivity index (χ0v) is 8.06. The number of nitro groups is 1. The second-order valence-electron chi connectivity index (χ2n) is 2.75. The third kappa shape index (κ3) is 3.02. The Hall–Kier alpha value is -2.46. The lowest BCUT2D eigenvalue weighted by molar-refractivity contribution is -0.389. The molecule has 0 aliphatic rings. The topological polar surface area (TPSA) is 103 Å². The van der Waals surface area contributed by atoms with E-state index in [2.05, 4.69) is 9.72 Å². The monoisotopic (exact) mass is 270 g/mol. The summed E-state index contributed by atoms with van der Waals surface area (Å²) in [6, 6.07) is 0.0213. The van der Waals surface area contributed by atoms with E-state index in [-0.39, 0.29) is 6.07 Å². The van der Waals surface area contributed by atoms with E-state index in [0.717, 1.165) is 0 Å². The van der Waals surface area contributed by atoms with Crippen molar-refractivity contribution in [2.45, 2.75) is 6.36 Å². The number of nitrogens with zero attached hydrogens (tertiary/aromatic N) is 2. The molecular formula is C7H2F4N2O5. The molecule has 18 heavy (non-hydrogen) atoms. The highest BCUT2D eigenvalue weighted by atomic mass is 19.4. The number of halogens is 4. The van der Waals surface area contributed by atoms with Gasteiger partial charge in [-0.25, -0.2) is 9.18 Å². The van der Waals surface area contributed by atoms with Gasteiger partial charge in [-0.15, -0.1) is 13.2 Å². The second kappa shape index (κ2) is 4.43. The molecule has 0 amide bonds. The van der Waals surface area contributed by atoms with Crippen LogP contribution in [0, 0.1) is 15.9 Å². The molecule has 7 nitrogen and oxygen atoms in total. The van der Waals surface area contributed by atoms with Gasteiger partial charge in [-0.05, 0) is 9.91 Å². The molecule has 0 aliphatic heterocycles. The van der Waals surface area contributed by atoms with Gasteiger partial charge in [-0.3, -0.25) is 0 Å². The van der Waals surface area contributed by atoms with Crippen molar-refractivity contribution in [1.29, 1.82) is 0 Å². The molecule has 98 valence electrons. The van der Waals surface area contributed by atoms with Crippen LogP contribution in [-0.2, 0) is 0 Å². The van der Waals surface area contributed by atoms with Crippen LogP contribution in [0.5, 0.6) is 5.75 Å². The lowest BCUT2D eigenvalue weighted by Gasteiger charge is -2.09. The maximum Gasteiger partial charge on any atom is 0.573 e. The number of carboxylic acid groups (broad SMARTS) is 1. The number of hydrogen-bond acceptors (Lipinski definition) is 5. The van der Waals surface area contributed by atoms with Crippen molar-refractivity contribution in [2.24, 2.45) is 0 Å². The highest BCUT2D eigenvalue weighted by molar-refractivity contribution is 5.89. The third-order valence-electron chi connectivity index (χ3n) is 1.52. The van der Waals surface area contributed by atoms with Crippen LogP contribution in [0.2, 0.25) is 0 Å². The Morgan fingerprint density at radius 1 is 1.50 bits per heavy atom. The molecule has 0 spiro atoms. The quantitative estimate of drug-likeness (QED) is 0.509. The van der Waals surface area contributed by atoms with Crippen LogP contribution in [0.25, 0.3) is 0 Å². The summed E-state index contributed by atoms with van der Waals surface area (Å²) in [7, 11) is 0. The first-order valence-corrected chi connectivity index (χ1v) is 3.96. The van der Waals surface area contributed by atoms with Gasteiger partial charge in [0.1, 0.15) is 0 Å². The summed E-state index contributed by atoms with van der Waals surface area (Å²) < 4.78 is 51.9. The zero-order valence-electron chi connectivity index (χ0n) is 8.06. The molecule has 1 rings (SSSR count). The SMILES string of the molecule is O=C(O)c1nc([N+](=O)[O-])cc(F)c1OC(F)(F)F. The zero-order chi connectivity index (χ0) is 14.1. The van der Waals surface area contributed by atoms with E-state index in [1.165, 1.54) is 0 Å². The van der Waals surface area contributed by atoms with E-state index in [4.69, 9.17) is 5.11 Å². The van der Waals surface area contributed by atoms with Crippen LogP contribution in [0.1, 0.15) is 10.5 Å². The first-order valence-electron chi connectivity index (χ1n) is 3.96. The van der Waals surface area contributed by atoms with Gasteiger partial charge in [0, 0.05) is 0 Å². The van der Waals surface area contributed by atoms with E-state index in [1.54, 1.807) is 0 Å². The van der Waals surface area contributed by atoms with Gasteiger partial charge in [-0.2, -0.15) is 0 Å². The second-order valence-corrected chi connectivity index (χ2v) is 2.75. The average Bonchev–Trinajstić information content (AvgIpc) is 2.18. The van der Waals surface area contributed by atoms with E-state index < -0.39 is 40.3 Å². The summed E-state index contributed by atoms with van der Waals surface area (Å²) in [5.74, 6) is -6.94. The molecule has 0 unspecified atom stereocenters. The molecule has 11 heteroatoms. The van der Waals surface area contributed by atoms with Gasteiger partial charge in [0.2, 0.25) is 5.75 Å². The minimum Gasteiger partial charge on any atom is -0.475 e. The first kappa shape index (κ1) is 13.6. The van der Waals surface area contributed by atoms with Crippen LogP contribution in [0.4, 0.5) is 23.4 Å². The Kier molecular flexibility index (Phi) is 3.35.